The lowest BCUT2D eigenvalue weighted by Crippen LogP contribution is -2.65. The number of hydrogen-bond acceptors (Lipinski definition) is 3. The summed E-state index contributed by atoms with van der Waals surface area (Å²) in [4.78, 5) is 11.2. The number of benzene rings is 2. The normalized spacial score (nSPS) is 14.6. The number of halogens is 1. The number of nitrogens with one attached hydrogen (secondary N) is 1. The van der Waals surface area contributed by atoms with Gasteiger partial charge in [-0.15, -0.1) is 0 Å². The van der Waals surface area contributed by atoms with Crippen molar-refractivity contribution in [3.05, 3.63) is 71.8 Å². The maximum atomic E-state index is 12.1. The van der Waals surface area contributed by atoms with E-state index in [0.717, 1.165) is 11.1 Å². The third kappa shape index (κ3) is 5.64. The van der Waals surface area contributed by atoms with Crippen LogP contribution in [-0.4, -0.2) is 17.5 Å². The number of esters is 1. The van der Waals surface area contributed by atoms with Crippen molar-refractivity contribution in [1.82, 2.24) is 5.32 Å². The zero-order chi connectivity index (χ0) is 17.4. The summed E-state index contributed by atoms with van der Waals surface area (Å²) < 4.78 is 5.32. The molecule has 0 aliphatic rings. The zero-order valence-electron chi connectivity index (χ0n) is 13.9. The highest BCUT2D eigenvalue weighted by Gasteiger charge is 2.33. The van der Waals surface area contributed by atoms with Crippen molar-refractivity contribution in [3.8, 4) is 0 Å². The molecule has 4 N–H and O–H groups in total. The lowest BCUT2D eigenvalue weighted by Gasteiger charge is -2.28. The molecule has 4 nitrogen and oxygen atoms in total. The predicted molar refractivity (Wildman–Crippen MR) is 95.2 cm³/mol. The average molecular weight is 348 g/mol. The van der Waals surface area contributed by atoms with Gasteiger partial charge in [-0.2, -0.15) is 0 Å². The largest absolute Gasteiger partial charge is 0.461 e. The Morgan fingerprint density at radius 3 is 2.33 bits per heavy atom. The number of quaternary nitrogens is 1. The van der Waals surface area contributed by atoms with Gasteiger partial charge in [0.25, 0.3) is 0 Å². The molecule has 128 valence electrons. The fourth-order valence-electron chi connectivity index (χ4n) is 2.44. The summed E-state index contributed by atoms with van der Waals surface area (Å²) in [5.74, 6) is -0.342. The van der Waals surface area contributed by atoms with Crippen LogP contribution in [0.2, 0.25) is 0 Å². The molecule has 0 fully saturated rings. The van der Waals surface area contributed by atoms with E-state index < -0.39 is 5.00 Å². The Morgan fingerprint density at radius 1 is 1.17 bits per heavy atom. The first-order valence-corrected chi connectivity index (χ1v) is 8.40. The Hall–Kier alpha value is -1.88. The number of carbonyl (C=O) groups excluding carboxylic acids is 1. The second-order valence-corrected chi connectivity index (χ2v) is 6.54. The molecule has 0 heterocycles. The lowest BCUT2D eigenvalue weighted by atomic mass is 10.1. The van der Waals surface area contributed by atoms with Crippen molar-refractivity contribution in [2.75, 3.05) is 6.54 Å². The van der Waals surface area contributed by atoms with Crippen molar-refractivity contribution in [2.45, 2.75) is 31.0 Å². The Kier molecular flexibility index (Phi) is 6.79. The number of carbonyl (C=O) groups is 1. The zero-order valence-corrected chi connectivity index (χ0v) is 14.6. The van der Waals surface area contributed by atoms with E-state index in [1.54, 1.807) is 0 Å². The van der Waals surface area contributed by atoms with Crippen LogP contribution in [-0.2, 0) is 16.1 Å². The minimum atomic E-state index is -0.928. The van der Waals surface area contributed by atoms with E-state index in [0.29, 0.717) is 6.54 Å². The van der Waals surface area contributed by atoms with Crippen molar-refractivity contribution in [3.63, 3.8) is 0 Å². The molecule has 0 aliphatic heterocycles. The summed E-state index contributed by atoms with van der Waals surface area (Å²) in [6.45, 7) is 2.63. The molecule has 0 aliphatic carbocycles. The molecular weight excluding hydrogens is 324 g/mol. The van der Waals surface area contributed by atoms with Gasteiger partial charge in [0, 0.05) is 6.04 Å². The van der Waals surface area contributed by atoms with Crippen LogP contribution >= 0.6 is 11.6 Å². The molecule has 0 aromatic heterocycles. The molecule has 0 bridgehead atoms. The summed E-state index contributed by atoms with van der Waals surface area (Å²) in [6.07, 6.45) is 0.0576. The van der Waals surface area contributed by atoms with Gasteiger partial charge in [-0.3, -0.25) is 10.1 Å². The van der Waals surface area contributed by atoms with Crippen molar-refractivity contribution >= 4 is 17.6 Å². The highest BCUT2D eigenvalue weighted by molar-refractivity contribution is 6.24. The summed E-state index contributed by atoms with van der Waals surface area (Å²) in [5, 5.41) is 3.29. The summed E-state index contributed by atoms with van der Waals surface area (Å²) >= 11 is 6.57. The molecule has 0 spiro atoms. The Labute approximate surface area is 148 Å². The summed E-state index contributed by atoms with van der Waals surface area (Å²) in [5.41, 5.74) is 5.93. The van der Waals surface area contributed by atoms with Gasteiger partial charge in [-0.25, -0.2) is 0 Å². The molecule has 0 saturated carbocycles. The van der Waals surface area contributed by atoms with Crippen LogP contribution in [0.3, 0.4) is 0 Å². The van der Waals surface area contributed by atoms with Gasteiger partial charge in [0.1, 0.15) is 13.2 Å². The van der Waals surface area contributed by atoms with Crippen LogP contribution in [0.5, 0.6) is 0 Å². The van der Waals surface area contributed by atoms with Crippen LogP contribution in [0.4, 0.5) is 0 Å². The van der Waals surface area contributed by atoms with E-state index in [1.807, 2.05) is 67.6 Å². The first-order valence-electron chi connectivity index (χ1n) is 8.03. The predicted octanol–water partition coefficient (Wildman–Crippen LogP) is 2.65. The monoisotopic (exact) mass is 347 g/mol. The van der Waals surface area contributed by atoms with Crippen molar-refractivity contribution in [2.24, 2.45) is 0 Å². The summed E-state index contributed by atoms with van der Waals surface area (Å²) in [7, 11) is 0. The molecule has 24 heavy (non-hydrogen) atoms. The molecule has 2 aromatic rings. The van der Waals surface area contributed by atoms with E-state index in [2.05, 4.69) is 11.1 Å². The Morgan fingerprint density at radius 2 is 1.75 bits per heavy atom. The van der Waals surface area contributed by atoms with Gasteiger partial charge in [0.15, 0.2) is 5.00 Å². The third-order valence-electron chi connectivity index (χ3n) is 3.84. The van der Waals surface area contributed by atoms with Gasteiger partial charge in [0.2, 0.25) is 0 Å². The lowest BCUT2D eigenvalue weighted by molar-refractivity contribution is -0.377. The topological polar surface area (TPSA) is 66.0 Å². The minimum absolute atomic E-state index is 0.00683. The number of rotatable bonds is 8. The van der Waals surface area contributed by atoms with Gasteiger partial charge in [0.05, 0.1) is 6.42 Å². The van der Waals surface area contributed by atoms with Crippen LogP contribution in [0.1, 0.15) is 30.5 Å². The highest BCUT2D eigenvalue weighted by Crippen LogP contribution is 2.22. The number of alkyl halides is 1. The summed E-state index contributed by atoms with van der Waals surface area (Å²) in [6, 6.07) is 19.5. The second kappa shape index (κ2) is 8.83. The fourth-order valence-corrected chi connectivity index (χ4v) is 2.72. The minimum Gasteiger partial charge on any atom is -0.461 e. The quantitative estimate of drug-likeness (QED) is 0.438. The van der Waals surface area contributed by atoms with Crippen LogP contribution in [0, 0.1) is 0 Å². The van der Waals surface area contributed by atoms with Crippen molar-refractivity contribution < 1.29 is 15.3 Å². The van der Waals surface area contributed by atoms with E-state index >= 15 is 0 Å². The second-order valence-electron chi connectivity index (χ2n) is 5.82. The van der Waals surface area contributed by atoms with Gasteiger partial charge < -0.3 is 10.5 Å². The fraction of sp³-hybridized carbons (Fsp3) is 0.316. The van der Waals surface area contributed by atoms with E-state index in [4.69, 9.17) is 16.3 Å². The molecule has 5 heteroatoms. The van der Waals surface area contributed by atoms with E-state index in [1.165, 1.54) is 0 Å². The molecular formula is C19H24ClN2O2+. The maximum absolute atomic E-state index is 12.1. The molecule has 0 saturated heterocycles. The third-order valence-corrected chi connectivity index (χ3v) is 4.27. The van der Waals surface area contributed by atoms with Gasteiger partial charge in [-0.1, -0.05) is 72.3 Å². The standard InChI is InChI=1S/C19H23ClN2O2/c1-15(17-10-6-3-7-11-17)22-19(20,14-21)12-18(23)24-13-16-8-4-2-5-9-16/h2-11,15,22H,12-14,21H2,1H3/p+1. The van der Waals surface area contributed by atoms with E-state index in [9.17, 15) is 4.79 Å². The molecule has 2 rings (SSSR count). The first kappa shape index (κ1) is 18.5. The molecule has 0 radical (unpaired) electrons. The molecule has 2 atom stereocenters. The van der Waals surface area contributed by atoms with Crippen LogP contribution in [0.15, 0.2) is 60.7 Å². The molecule has 2 unspecified atom stereocenters. The van der Waals surface area contributed by atoms with Crippen molar-refractivity contribution in [1.29, 1.82) is 0 Å². The van der Waals surface area contributed by atoms with Gasteiger partial charge >= 0.3 is 5.97 Å². The SMILES string of the molecule is CC(NC(Cl)(C[NH3+])CC(=O)OCc1ccccc1)c1ccccc1. The highest BCUT2D eigenvalue weighted by atomic mass is 35.5. The Balaban J connectivity index is 1.90. The van der Waals surface area contributed by atoms with Gasteiger partial charge in [-0.05, 0) is 18.1 Å². The smallest absolute Gasteiger partial charge is 0.309 e. The van der Waals surface area contributed by atoms with Crippen LogP contribution < -0.4 is 11.1 Å². The number of ether oxygens (including phenoxy) is 1. The molecule has 0 amide bonds. The Bertz CT molecular complexity index is 636. The average Bonchev–Trinajstić information content (AvgIpc) is 2.61. The maximum Gasteiger partial charge on any atom is 0.309 e. The number of hydrogen-bond donors (Lipinski definition) is 2. The first-order chi connectivity index (χ1) is 11.5. The van der Waals surface area contributed by atoms with Crippen LogP contribution in [0.25, 0.3) is 0 Å². The molecule has 2 aromatic carbocycles. The van der Waals surface area contributed by atoms with E-state index in [-0.39, 0.29) is 25.0 Å².